The number of nitrogens with one attached hydrogen (secondary N) is 2. The molecule has 2 aromatic heterocycles. The Bertz CT molecular complexity index is 518. The number of urea groups is 1. The van der Waals surface area contributed by atoms with Gasteiger partial charge in [-0.15, -0.1) is 0 Å². The second-order valence-corrected chi connectivity index (χ2v) is 4.10. The SMILES string of the molecule is O=C(Nc1cncc(Br)c1)Nc1ccccn1. The van der Waals surface area contributed by atoms with Crippen molar-refractivity contribution in [1.82, 2.24) is 9.97 Å². The summed E-state index contributed by atoms with van der Waals surface area (Å²) in [5, 5.41) is 5.25. The number of carbonyl (C=O) groups excluding carboxylic acids is 1. The summed E-state index contributed by atoms with van der Waals surface area (Å²) < 4.78 is 0.799. The highest BCUT2D eigenvalue weighted by Gasteiger charge is 2.03. The zero-order valence-corrected chi connectivity index (χ0v) is 10.3. The highest BCUT2D eigenvalue weighted by Crippen LogP contribution is 2.13. The summed E-state index contributed by atoms with van der Waals surface area (Å²) in [4.78, 5) is 19.5. The van der Waals surface area contributed by atoms with E-state index >= 15 is 0 Å². The molecule has 0 spiro atoms. The van der Waals surface area contributed by atoms with Crippen LogP contribution in [0.5, 0.6) is 0 Å². The number of hydrogen-bond acceptors (Lipinski definition) is 3. The van der Waals surface area contributed by atoms with Crippen LogP contribution in [0.25, 0.3) is 0 Å². The maximum absolute atomic E-state index is 11.6. The van der Waals surface area contributed by atoms with Gasteiger partial charge in [0.15, 0.2) is 0 Å². The predicted molar refractivity (Wildman–Crippen MR) is 68.8 cm³/mol. The minimum Gasteiger partial charge on any atom is -0.306 e. The molecule has 0 bridgehead atoms. The van der Waals surface area contributed by atoms with Crippen LogP contribution in [0, 0.1) is 0 Å². The molecule has 0 saturated heterocycles. The molecule has 6 heteroatoms. The largest absolute Gasteiger partial charge is 0.324 e. The molecule has 2 heterocycles. The fourth-order valence-electron chi connectivity index (χ4n) is 1.20. The molecule has 5 nitrogen and oxygen atoms in total. The van der Waals surface area contributed by atoms with Crippen LogP contribution >= 0.6 is 15.9 Å². The monoisotopic (exact) mass is 292 g/mol. The fraction of sp³-hybridized carbons (Fsp3) is 0. The number of hydrogen-bond donors (Lipinski definition) is 2. The van der Waals surface area contributed by atoms with E-state index in [1.807, 2.05) is 0 Å². The first-order valence-electron chi connectivity index (χ1n) is 4.83. The van der Waals surface area contributed by atoms with Crippen molar-refractivity contribution in [3.63, 3.8) is 0 Å². The lowest BCUT2D eigenvalue weighted by Gasteiger charge is -2.06. The average Bonchev–Trinajstić information content (AvgIpc) is 2.30. The minimum atomic E-state index is -0.358. The van der Waals surface area contributed by atoms with Crippen molar-refractivity contribution >= 4 is 33.5 Å². The van der Waals surface area contributed by atoms with E-state index in [0.717, 1.165) is 4.47 Å². The van der Waals surface area contributed by atoms with Gasteiger partial charge in [-0.25, -0.2) is 9.78 Å². The molecular formula is C11H9BrN4O. The van der Waals surface area contributed by atoms with E-state index in [1.54, 1.807) is 42.9 Å². The summed E-state index contributed by atoms with van der Waals surface area (Å²) in [5.74, 6) is 0.493. The first-order valence-corrected chi connectivity index (χ1v) is 5.63. The highest BCUT2D eigenvalue weighted by atomic mass is 79.9. The Morgan fingerprint density at radius 2 is 2.12 bits per heavy atom. The molecule has 0 aliphatic carbocycles. The van der Waals surface area contributed by atoms with Crippen LogP contribution in [-0.4, -0.2) is 16.0 Å². The Labute approximate surface area is 106 Å². The van der Waals surface area contributed by atoms with Crippen molar-refractivity contribution in [3.8, 4) is 0 Å². The lowest BCUT2D eigenvalue weighted by atomic mass is 10.4. The van der Waals surface area contributed by atoms with Gasteiger partial charge in [0.25, 0.3) is 0 Å². The second kappa shape index (κ2) is 5.40. The van der Waals surface area contributed by atoms with Crippen LogP contribution in [0.2, 0.25) is 0 Å². The van der Waals surface area contributed by atoms with E-state index in [9.17, 15) is 4.79 Å². The van der Waals surface area contributed by atoms with E-state index < -0.39 is 0 Å². The molecule has 0 saturated carbocycles. The van der Waals surface area contributed by atoms with Gasteiger partial charge in [-0.2, -0.15) is 0 Å². The summed E-state index contributed by atoms with van der Waals surface area (Å²) >= 11 is 3.27. The molecule has 0 aliphatic rings. The summed E-state index contributed by atoms with van der Waals surface area (Å²) in [6.07, 6.45) is 4.81. The van der Waals surface area contributed by atoms with Crippen LogP contribution in [0.1, 0.15) is 0 Å². The molecule has 2 N–H and O–H groups in total. The number of aromatic nitrogens is 2. The molecule has 0 atom stereocenters. The molecule has 2 rings (SSSR count). The maximum atomic E-state index is 11.6. The number of pyridine rings is 2. The first kappa shape index (κ1) is 11.5. The Hall–Kier alpha value is -1.95. The van der Waals surface area contributed by atoms with E-state index in [2.05, 4.69) is 36.5 Å². The number of anilines is 2. The molecule has 0 aromatic carbocycles. The van der Waals surface area contributed by atoms with E-state index in [4.69, 9.17) is 0 Å². The van der Waals surface area contributed by atoms with E-state index in [-0.39, 0.29) is 6.03 Å². The van der Waals surface area contributed by atoms with E-state index in [0.29, 0.717) is 11.5 Å². The van der Waals surface area contributed by atoms with Gasteiger partial charge < -0.3 is 5.32 Å². The van der Waals surface area contributed by atoms with Gasteiger partial charge in [-0.1, -0.05) is 6.07 Å². The number of rotatable bonds is 2. The summed E-state index contributed by atoms with van der Waals surface area (Å²) in [6, 6.07) is 6.68. The van der Waals surface area contributed by atoms with Crippen molar-refractivity contribution in [3.05, 3.63) is 47.3 Å². The van der Waals surface area contributed by atoms with Gasteiger partial charge in [0, 0.05) is 16.9 Å². The standard InChI is InChI=1S/C11H9BrN4O/c12-8-5-9(7-13-6-8)15-11(17)16-10-3-1-2-4-14-10/h1-7H,(H2,14,15,16,17). The Kier molecular flexibility index (Phi) is 3.66. The quantitative estimate of drug-likeness (QED) is 0.894. The molecule has 17 heavy (non-hydrogen) atoms. The molecule has 0 fully saturated rings. The van der Waals surface area contributed by atoms with Crippen LogP contribution in [-0.2, 0) is 0 Å². The molecule has 0 radical (unpaired) electrons. The summed E-state index contributed by atoms with van der Waals surface area (Å²) in [5.41, 5.74) is 0.604. The lowest BCUT2D eigenvalue weighted by molar-refractivity contribution is 0.262. The van der Waals surface area contributed by atoms with Crippen molar-refractivity contribution in [2.45, 2.75) is 0 Å². The van der Waals surface area contributed by atoms with Crippen LogP contribution in [0.3, 0.4) is 0 Å². The van der Waals surface area contributed by atoms with Crippen molar-refractivity contribution in [2.75, 3.05) is 10.6 Å². The Balaban J connectivity index is 1.98. The number of carbonyl (C=O) groups is 1. The normalized spacial score (nSPS) is 9.71. The van der Waals surface area contributed by atoms with Crippen LogP contribution in [0.15, 0.2) is 47.3 Å². The molecule has 0 aliphatic heterocycles. The molecular weight excluding hydrogens is 284 g/mol. The van der Waals surface area contributed by atoms with Gasteiger partial charge in [0.2, 0.25) is 0 Å². The average molecular weight is 293 g/mol. The molecule has 86 valence electrons. The van der Waals surface area contributed by atoms with Crippen molar-refractivity contribution in [2.24, 2.45) is 0 Å². The summed E-state index contributed by atoms with van der Waals surface area (Å²) in [6.45, 7) is 0. The topological polar surface area (TPSA) is 66.9 Å². The molecule has 2 aromatic rings. The van der Waals surface area contributed by atoms with Crippen molar-refractivity contribution in [1.29, 1.82) is 0 Å². The first-order chi connectivity index (χ1) is 8.24. The summed E-state index contributed by atoms with van der Waals surface area (Å²) in [7, 11) is 0. The highest BCUT2D eigenvalue weighted by molar-refractivity contribution is 9.10. The van der Waals surface area contributed by atoms with Crippen LogP contribution < -0.4 is 10.6 Å². The van der Waals surface area contributed by atoms with Gasteiger partial charge in [0.1, 0.15) is 5.82 Å². The minimum absolute atomic E-state index is 0.358. The van der Waals surface area contributed by atoms with Crippen LogP contribution in [0.4, 0.5) is 16.3 Å². The third-order valence-electron chi connectivity index (χ3n) is 1.87. The number of amides is 2. The predicted octanol–water partition coefficient (Wildman–Crippen LogP) is 2.88. The van der Waals surface area contributed by atoms with Gasteiger partial charge in [-0.05, 0) is 34.1 Å². The third-order valence-corrected chi connectivity index (χ3v) is 2.30. The van der Waals surface area contributed by atoms with Crippen molar-refractivity contribution < 1.29 is 4.79 Å². The zero-order chi connectivity index (χ0) is 12.1. The fourth-order valence-corrected chi connectivity index (χ4v) is 1.56. The van der Waals surface area contributed by atoms with Gasteiger partial charge >= 0.3 is 6.03 Å². The lowest BCUT2D eigenvalue weighted by Crippen LogP contribution is -2.20. The Morgan fingerprint density at radius 3 is 2.82 bits per heavy atom. The Morgan fingerprint density at radius 1 is 1.24 bits per heavy atom. The smallest absolute Gasteiger partial charge is 0.306 e. The maximum Gasteiger partial charge on any atom is 0.324 e. The van der Waals surface area contributed by atoms with Gasteiger partial charge in [0.05, 0.1) is 11.9 Å². The van der Waals surface area contributed by atoms with E-state index in [1.165, 1.54) is 0 Å². The second-order valence-electron chi connectivity index (χ2n) is 3.19. The third kappa shape index (κ3) is 3.53. The molecule has 0 unspecified atom stereocenters. The van der Waals surface area contributed by atoms with Gasteiger partial charge in [-0.3, -0.25) is 10.3 Å². The molecule has 2 amide bonds. The zero-order valence-electron chi connectivity index (χ0n) is 8.72. The number of halogens is 1. The number of nitrogens with zero attached hydrogens (tertiary/aromatic N) is 2.